The minimum atomic E-state index is -0.404. The standard InChI is InChI=1S/C29H34N8O/c38-28(32-19-23-10-5-2-6-11-23)25(16-22-8-3-1-4-9-22)34-26-17-27(37-15-14-31-21-37)36-29(35-26)33-20-24-12-7-13-30-18-24/h2,5-7,10-15,17-18,21-22,25H,1,3-4,8-9,16,19-20H2,(H,32,38)(H2,33,34,35,36)/t25-/m1/s1. The average molecular weight is 511 g/mol. The molecule has 0 bridgehead atoms. The van der Waals surface area contributed by atoms with Crippen molar-refractivity contribution < 1.29 is 4.79 Å². The molecule has 1 fully saturated rings. The Bertz CT molecular complexity index is 1270. The van der Waals surface area contributed by atoms with Gasteiger partial charge in [0.25, 0.3) is 0 Å². The van der Waals surface area contributed by atoms with E-state index in [2.05, 4.69) is 30.9 Å². The number of amides is 1. The van der Waals surface area contributed by atoms with Crippen molar-refractivity contribution in [1.29, 1.82) is 0 Å². The van der Waals surface area contributed by atoms with Crippen LogP contribution >= 0.6 is 0 Å². The van der Waals surface area contributed by atoms with Crippen molar-refractivity contribution in [3.63, 3.8) is 0 Å². The highest BCUT2D eigenvalue weighted by atomic mass is 16.2. The van der Waals surface area contributed by atoms with Gasteiger partial charge in [-0.2, -0.15) is 9.97 Å². The summed E-state index contributed by atoms with van der Waals surface area (Å²) < 4.78 is 1.83. The SMILES string of the molecule is O=C(NCc1ccccc1)[C@@H](CC1CCCCC1)Nc1cc(-n2ccnc2)nc(NCc2cccnc2)n1. The molecule has 3 heterocycles. The van der Waals surface area contributed by atoms with Gasteiger partial charge in [0.2, 0.25) is 11.9 Å². The Hall–Kier alpha value is -4.27. The van der Waals surface area contributed by atoms with Gasteiger partial charge in [-0.1, -0.05) is 68.5 Å². The summed E-state index contributed by atoms with van der Waals surface area (Å²) in [5, 5.41) is 9.88. The van der Waals surface area contributed by atoms with Crippen LogP contribution in [-0.2, 0) is 17.9 Å². The zero-order chi connectivity index (χ0) is 26.0. The van der Waals surface area contributed by atoms with Crippen LogP contribution < -0.4 is 16.0 Å². The number of hydrogen-bond donors (Lipinski definition) is 3. The van der Waals surface area contributed by atoms with Crippen molar-refractivity contribution >= 4 is 17.7 Å². The zero-order valence-corrected chi connectivity index (χ0v) is 21.5. The van der Waals surface area contributed by atoms with Gasteiger partial charge in [0.15, 0.2) is 0 Å². The number of nitrogens with zero attached hydrogens (tertiary/aromatic N) is 5. The van der Waals surface area contributed by atoms with Gasteiger partial charge in [-0.25, -0.2) is 4.98 Å². The lowest BCUT2D eigenvalue weighted by molar-refractivity contribution is -0.122. The second-order valence-corrected chi connectivity index (χ2v) is 9.76. The van der Waals surface area contributed by atoms with Crippen molar-refractivity contribution in [2.45, 2.75) is 57.7 Å². The third kappa shape index (κ3) is 7.15. The number of rotatable bonds is 11. The van der Waals surface area contributed by atoms with Crippen LogP contribution in [0.5, 0.6) is 0 Å². The Morgan fingerprint density at radius 3 is 2.55 bits per heavy atom. The number of anilines is 2. The number of carbonyl (C=O) groups excluding carboxylic acids is 1. The Morgan fingerprint density at radius 2 is 1.79 bits per heavy atom. The number of nitrogens with one attached hydrogen (secondary N) is 3. The summed E-state index contributed by atoms with van der Waals surface area (Å²) in [5.41, 5.74) is 2.10. The molecule has 0 unspecified atom stereocenters. The van der Waals surface area contributed by atoms with E-state index < -0.39 is 6.04 Å². The molecule has 3 N–H and O–H groups in total. The highest BCUT2D eigenvalue weighted by Gasteiger charge is 2.25. The molecule has 1 atom stereocenters. The maximum absolute atomic E-state index is 13.4. The van der Waals surface area contributed by atoms with E-state index in [0.717, 1.165) is 30.4 Å². The van der Waals surface area contributed by atoms with Gasteiger partial charge < -0.3 is 16.0 Å². The number of pyridine rings is 1. The van der Waals surface area contributed by atoms with E-state index in [-0.39, 0.29) is 5.91 Å². The van der Waals surface area contributed by atoms with E-state index in [1.807, 2.05) is 65.5 Å². The van der Waals surface area contributed by atoms with E-state index in [1.165, 1.54) is 19.3 Å². The van der Waals surface area contributed by atoms with Gasteiger partial charge in [-0.05, 0) is 29.5 Å². The van der Waals surface area contributed by atoms with Crippen LogP contribution in [0.15, 0.2) is 79.6 Å². The number of hydrogen-bond acceptors (Lipinski definition) is 7. The lowest BCUT2D eigenvalue weighted by Crippen LogP contribution is -2.41. The number of imidazole rings is 1. The highest BCUT2D eigenvalue weighted by molar-refractivity contribution is 5.84. The summed E-state index contributed by atoms with van der Waals surface area (Å²) in [6.45, 7) is 1.02. The van der Waals surface area contributed by atoms with Crippen molar-refractivity contribution in [3.05, 3.63) is 90.8 Å². The molecular formula is C29H34N8O. The van der Waals surface area contributed by atoms with Crippen LogP contribution in [0.4, 0.5) is 11.8 Å². The summed E-state index contributed by atoms with van der Waals surface area (Å²) in [4.78, 5) is 31.2. The minimum absolute atomic E-state index is 0.0212. The molecule has 9 nitrogen and oxygen atoms in total. The van der Waals surface area contributed by atoms with Gasteiger partial charge >= 0.3 is 0 Å². The van der Waals surface area contributed by atoms with Crippen LogP contribution in [-0.4, -0.2) is 36.5 Å². The lowest BCUT2D eigenvalue weighted by atomic mass is 9.84. The first-order valence-electron chi connectivity index (χ1n) is 13.3. The summed E-state index contributed by atoms with van der Waals surface area (Å²) in [5.74, 6) is 2.21. The Balaban J connectivity index is 1.36. The summed E-state index contributed by atoms with van der Waals surface area (Å²) in [6, 6.07) is 15.3. The predicted molar refractivity (Wildman–Crippen MR) is 148 cm³/mol. The average Bonchev–Trinajstić information content (AvgIpc) is 3.52. The van der Waals surface area contributed by atoms with Crippen LogP contribution in [0, 0.1) is 5.92 Å². The van der Waals surface area contributed by atoms with Crippen LogP contribution in [0.3, 0.4) is 0 Å². The second kappa shape index (κ2) is 12.8. The van der Waals surface area contributed by atoms with Crippen molar-refractivity contribution in [3.8, 4) is 5.82 Å². The maximum Gasteiger partial charge on any atom is 0.242 e. The first-order chi connectivity index (χ1) is 18.7. The predicted octanol–water partition coefficient (Wildman–Crippen LogP) is 4.74. The number of benzene rings is 1. The molecule has 9 heteroatoms. The van der Waals surface area contributed by atoms with Crippen LogP contribution in [0.2, 0.25) is 0 Å². The van der Waals surface area contributed by atoms with E-state index in [9.17, 15) is 4.79 Å². The van der Waals surface area contributed by atoms with Crippen LogP contribution in [0.1, 0.15) is 49.7 Å². The van der Waals surface area contributed by atoms with Gasteiger partial charge in [0, 0.05) is 43.9 Å². The minimum Gasteiger partial charge on any atom is -0.358 e. The van der Waals surface area contributed by atoms with Gasteiger partial charge in [0.1, 0.15) is 24.0 Å². The largest absolute Gasteiger partial charge is 0.358 e. The molecule has 3 aromatic heterocycles. The lowest BCUT2D eigenvalue weighted by Gasteiger charge is -2.27. The Labute approximate surface area is 223 Å². The Kier molecular flexibility index (Phi) is 8.55. The highest BCUT2D eigenvalue weighted by Crippen LogP contribution is 2.28. The van der Waals surface area contributed by atoms with Crippen LogP contribution in [0.25, 0.3) is 5.82 Å². The molecule has 1 aliphatic carbocycles. The van der Waals surface area contributed by atoms with E-state index in [1.54, 1.807) is 18.7 Å². The van der Waals surface area contributed by atoms with E-state index in [4.69, 9.17) is 4.98 Å². The fourth-order valence-electron chi connectivity index (χ4n) is 4.87. The summed E-state index contributed by atoms with van der Waals surface area (Å²) in [6.07, 6.45) is 15.6. The number of carbonyl (C=O) groups is 1. The molecule has 38 heavy (non-hydrogen) atoms. The topological polar surface area (TPSA) is 110 Å². The molecule has 0 saturated heterocycles. The smallest absolute Gasteiger partial charge is 0.242 e. The van der Waals surface area contributed by atoms with Crippen molar-refractivity contribution in [2.75, 3.05) is 10.6 Å². The summed E-state index contributed by atoms with van der Waals surface area (Å²) in [7, 11) is 0. The normalized spacial score (nSPS) is 14.5. The summed E-state index contributed by atoms with van der Waals surface area (Å²) >= 11 is 0. The molecule has 1 saturated carbocycles. The van der Waals surface area contributed by atoms with Crippen molar-refractivity contribution in [1.82, 2.24) is 29.8 Å². The van der Waals surface area contributed by atoms with E-state index >= 15 is 0 Å². The molecule has 0 aliphatic heterocycles. The molecular weight excluding hydrogens is 476 g/mol. The van der Waals surface area contributed by atoms with Crippen molar-refractivity contribution in [2.24, 2.45) is 5.92 Å². The number of aromatic nitrogens is 5. The monoisotopic (exact) mass is 510 g/mol. The Morgan fingerprint density at radius 1 is 0.947 bits per heavy atom. The zero-order valence-electron chi connectivity index (χ0n) is 21.5. The quantitative estimate of drug-likeness (QED) is 0.267. The molecule has 4 aromatic rings. The third-order valence-electron chi connectivity index (χ3n) is 6.90. The van der Waals surface area contributed by atoms with E-state index in [0.29, 0.717) is 36.6 Å². The molecule has 0 spiro atoms. The molecule has 1 amide bonds. The molecule has 5 rings (SSSR count). The fourth-order valence-corrected chi connectivity index (χ4v) is 4.87. The first-order valence-corrected chi connectivity index (χ1v) is 13.3. The third-order valence-corrected chi connectivity index (χ3v) is 6.90. The maximum atomic E-state index is 13.4. The molecule has 196 valence electrons. The van der Waals surface area contributed by atoms with Gasteiger partial charge in [-0.15, -0.1) is 0 Å². The second-order valence-electron chi connectivity index (χ2n) is 9.76. The molecule has 1 aliphatic rings. The molecule has 1 aromatic carbocycles. The first kappa shape index (κ1) is 25.4. The van der Waals surface area contributed by atoms with Gasteiger partial charge in [0.05, 0.1) is 0 Å². The fraction of sp³-hybridized carbons (Fsp3) is 0.345. The molecule has 0 radical (unpaired) electrons. The van der Waals surface area contributed by atoms with Gasteiger partial charge in [-0.3, -0.25) is 14.3 Å².